The number of hydrogen-bond donors (Lipinski definition) is 0. The van der Waals surface area contributed by atoms with Crippen molar-refractivity contribution < 1.29 is 4.74 Å². The minimum atomic E-state index is 0.235. The Morgan fingerprint density at radius 2 is 2.15 bits per heavy atom. The molecule has 20 heavy (non-hydrogen) atoms. The van der Waals surface area contributed by atoms with Crippen molar-refractivity contribution in [3.8, 4) is 5.75 Å². The molecular formula is C17H21NOS. The first kappa shape index (κ1) is 13.7. The molecule has 3 heteroatoms. The largest absolute Gasteiger partial charge is 0.489 e. The van der Waals surface area contributed by atoms with E-state index in [2.05, 4.69) is 55.3 Å². The van der Waals surface area contributed by atoms with Gasteiger partial charge in [-0.3, -0.25) is 4.90 Å². The minimum Gasteiger partial charge on any atom is -0.489 e. The van der Waals surface area contributed by atoms with E-state index in [0.717, 1.165) is 25.4 Å². The van der Waals surface area contributed by atoms with Gasteiger partial charge in [0.2, 0.25) is 0 Å². The summed E-state index contributed by atoms with van der Waals surface area (Å²) in [5, 5.41) is 2.18. The number of aryl methyl sites for hydroxylation is 2. The predicted octanol–water partition coefficient (Wildman–Crippen LogP) is 4.15. The van der Waals surface area contributed by atoms with E-state index < -0.39 is 0 Å². The topological polar surface area (TPSA) is 12.5 Å². The SMILES string of the molecule is Cc1ccc2c(c1)CN(Cc1sccc1C)CC(C)O2. The second-order valence-electron chi connectivity index (χ2n) is 5.74. The van der Waals surface area contributed by atoms with Crippen LogP contribution in [-0.4, -0.2) is 17.5 Å². The molecule has 0 spiro atoms. The molecule has 2 nitrogen and oxygen atoms in total. The number of hydrogen-bond acceptors (Lipinski definition) is 3. The molecule has 0 bridgehead atoms. The Morgan fingerprint density at radius 1 is 1.30 bits per heavy atom. The first-order valence-electron chi connectivity index (χ1n) is 7.13. The quantitative estimate of drug-likeness (QED) is 0.823. The van der Waals surface area contributed by atoms with Crippen LogP contribution < -0.4 is 4.74 Å². The summed E-state index contributed by atoms with van der Waals surface area (Å²) in [7, 11) is 0. The fourth-order valence-electron chi connectivity index (χ4n) is 2.76. The van der Waals surface area contributed by atoms with E-state index in [1.165, 1.54) is 21.6 Å². The molecule has 0 radical (unpaired) electrons. The van der Waals surface area contributed by atoms with Crippen LogP contribution in [0.25, 0.3) is 0 Å². The highest BCUT2D eigenvalue weighted by Crippen LogP contribution is 2.28. The zero-order valence-electron chi connectivity index (χ0n) is 12.3. The molecular weight excluding hydrogens is 266 g/mol. The first-order chi connectivity index (χ1) is 9.61. The molecule has 0 saturated carbocycles. The van der Waals surface area contributed by atoms with Gasteiger partial charge in [0.1, 0.15) is 11.9 Å². The van der Waals surface area contributed by atoms with Crippen LogP contribution in [0.4, 0.5) is 0 Å². The Morgan fingerprint density at radius 3 is 2.90 bits per heavy atom. The van der Waals surface area contributed by atoms with Crippen LogP contribution >= 0.6 is 11.3 Å². The Balaban J connectivity index is 1.84. The maximum atomic E-state index is 6.05. The molecule has 106 valence electrons. The van der Waals surface area contributed by atoms with Gasteiger partial charge in [-0.05, 0) is 43.8 Å². The zero-order valence-corrected chi connectivity index (χ0v) is 13.2. The number of thiophene rings is 1. The molecule has 0 fully saturated rings. The Labute approximate surface area is 125 Å². The number of ether oxygens (including phenoxy) is 1. The van der Waals surface area contributed by atoms with Crippen molar-refractivity contribution in [2.75, 3.05) is 6.54 Å². The van der Waals surface area contributed by atoms with Crippen LogP contribution in [-0.2, 0) is 13.1 Å². The van der Waals surface area contributed by atoms with Gasteiger partial charge in [0.15, 0.2) is 0 Å². The fraction of sp³-hybridized carbons (Fsp3) is 0.412. The van der Waals surface area contributed by atoms with Crippen LogP contribution in [0.1, 0.15) is 28.5 Å². The number of nitrogens with zero attached hydrogens (tertiary/aromatic N) is 1. The molecule has 0 aliphatic carbocycles. The normalized spacial score (nSPS) is 19.2. The van der Waals surface area contributed by atoms with Gasteiger partial charge < -0.3 is 4.74 Å². The van der Waals surface area contributed by atoms with E-state index in [-0.39, 0.29) is 6.10 Å². The van der Waals surface area contributed by atoms with Crippen LogP contribution in [0.3, 0.4) is 0 Å². The number of fused-ring (bicyclic) bond motifs is 1. The second-order valence-corrected chi connectivity index (χ2v) is 6.74. The van der Waals surface area contributed by atoms with Crippen LogP contribution in [0, 0.1) is 13.8 Å². The molecule has 0 saturated heterocycles. The maximum absolute atomic E-state index is 6.05. The van der Waals surface area contributed by atoms with Gasteiger partial charge in [0, 0.05) is 30.1 Å². The van der Waals surface area contributed by atoms with E-state index in [9.17, 15) is 0 Å². The zero-order chi connectivity index (χ0) is 14.1. The van der Waals surface area contributed by atoms with Crippen molar-refractivity contribution in [2.24, 2.45) is 0 Å². The minimum absolute atomic E-state index is 0.235. The highest BCUT2D eigenvalue weighted by Gasteiger charge is 2.20. The predicted molar refractivity (Wildman–Crippen MR) is 84.4 cm³/mol. The lowest BCUT2D eigenvalue weighted by molar-refractivity contribution is 0.157. The van der Waals surface area contributed by atoms with Crippen molar-refractivity contribution in [1.29, 1.82) is 0 Å². The smallest absolute Gasteiger partial charge is 0.124 e. The molecule has 1 aromatic heterocycles. The van der Waals surface area contributed by atoms with Crippen molar-refractivity contribution in [3.63, 3.8) is 0 Å². The molecule has 3 rings (SSSR count). The first-order valence-corrected chi connectivity index (χ1v) is 8.01. The van der Waals surface area contributed by atoms with E-state index >= 15 is 0 Å². The molecule has 1 aliphatic heterocycles. The summed E-state index contributed by atoms with van der Waals surface area (Å²) in [6.07, 6.45) is 0.235. The summed E-state index contributed by atoms with van der Waals surface area (Å²) in [4.78, 5) is 3.96. The molecule has 0 N–H and O–H groups in total. The van der Waals surface area contributed by atoms with E-state index in [1.54, 1.807) is 0 Å². The van der Waals surface area contributed by atoms with E-state index in [0.29, 0.717) is 0 Å². The van der Waals surface area contributed by atoms with Gasteiger partial charge in [-0.15, -0.1) is 11.3 Å². The monoisotopic (exact) mass is 287 g/mol. The van der Waals surface area contributed by atoms with Crippen molar-refractivity contribution in [1.82, 2.24) is 4.90 Å². The number of rotatable bonds is 2. The Kier molecular flexibility index (Phi) is 3.81. The van der Waals surface area contributed by atoms with Crippen molar-refractivity contribution >= 4 is 11.3 Å². The molecule has 2 aromatic rings. The summed E-state index contributed by atoms with van der Waals surface area (Å²) in [6, 6.07) is 8.70. The van der Waals surface area contributed by atoms with Gasteiger partial charge in [0.05, 0.1) is 0 Å². The van der Waals surface area contributed by atoms with Crippen molar-refractivity contribution in [2.45, 2.75) is 40.0 Å². The summed E-state index contributed by atoms with van der Waals surface area (Å²) < 4.78 is 6.05. The standard InChI is InChI=1S/C17H21NOS/c1-12-4-5-16-15(8-12)10-18(9-14(3)19-16)11-17-13(2)6-7-20-17/h4-8,14H,9-11H2,1-3H3. The van der Waals surface area contributed by atoms with Gasteiger partial charge in [-0.25, -0.2) is 0 Å². The Hall–Kier alpha value is -1.32. The van der Waals surface area contributed by atoms with E-state index in [4.69, 9.17) is 4.74 Å². The third-order valence-electron chi connectivity index (χ3n) is 3.79. The molecule has 2 heterocycles. The summed E-state index contributed by atoms with van der Waals surface area (Å²) in [5.74, 6) is 1.05. The molecule has 1 aliphatic rings. The highest BCUT2D eigenvalue weighted by atomic mass is 32.1. The molecule has 1 atom stereocenters. The van der Waals surface area contributed by atoms with E-state index in [1.807, 2.05) is 11.3 Å². The fourth-order valence-corrected chi connectivity index (χ4v) is 3.71. The lowest BCUT2D eigenvalue weighted by Gasteiger charge is -2.21. The van der Waals surface area contributed by atoms with Gasteiger partial charge in [0.25, 0.3) is 0 Å². The second kappa shape index (κ2) is 5.58. The molecule has 1 unspecified atom stereocenters. The van der Waals surface area contributed by atoms with Crippen LogP contribution in [0.15, 0.2) is 29.6 Å². The van der Waals surface area contributed by atoms with Crippen LogP contribution in [0.2, 0.25) is 0 Å². The van der Waals surface area contributed by atoms with Gasteiger partial charge >= 0.3 is 0 Å². The summed E-state index contributed by atoms with van der Waals surface area (Å²) >= 11 is 1.85. The lowest BCUT2D eigenvalue weighted by Crippen LogP contribution is -2.30. The average molecular weight is 287 g/mol. The number of benzene rings is 1. The third kappa shape index (κ3) is 2.89. The highest BCUT2D eigenvalue weighted by molar-refractivity contribution is 7.10. The molecule has 1 aromatic carbocycles. The Bertz CT molecular complexity index is 605. The van der Waals surface area contributed by atoms with Crippen molar-refractivity contribution in [3.05, 3.63) is 51.2 Å². The summed E-state index contributed by atoms with van der Waals surface area (Å²) in [5.41, 5.74) is 4.01. The lowest BCUT2D eigenvalue weighted by atomic mass is 10.1. The molecule has 0 amide bonds. The summed E-state index contributed by atoms with van der Waals surface area (Å²) in [6.45, 7) is 9.46. The maximum Gasteiger partial charge on any atom is 0.124 e. The van der Waals surface area contributed by atoms with Gasteiger partial charge in [-0.2, -0.15) is 0 Å². The average Bonchev–Trinajstić information content (AvgIpc) is 2.70. The van der Waals surface area contributed by atoms with Gasteiger partial charge in [-0.1, -0.05) is 17.7 Å². The third-order valence-corrected chi connectivity index (χ3v) is 4.80. The van der Waals surface area contributed by atoms with Crippen LogP contribution in [0.5, 0.6) is 5.75 Å².